The average Bonchev–Trinajstić information content (AvgIpc) is 2.45. The number of halogens is 1. The molecule has 21 heavy (non-hydrogen) atoms. The molecule has 1 rings (SSSR count). The molecule has 1 aromatic rings. The molecule has 0 atom stereocenters. The monoisotopic (exact) mass is 309 g/mol. The van der Waals surface area contributed by atoms with Gasteiger partial charge in [-0.1, -0.05) is 49.9 Å². The van der Waals surface area contributed by atoms with Crippen molar-refractivity contribution in [1.82, 2.24) is 0 Å². The average molecular weight is 310 g/mol. The topological polar surface area (TPSA) is 69.4 Å². The van der Waals surface area contributed by atoms with E-state index in [4.69, 9.17) is 22.1 Å². The lowest BCUT2D eigenvalue weighted by Crippen LogP contribution is -2.15. The van der Waals surface area contributed by atoms with E-state index in [-0.39, 0.29) is 5.57 Å². The van der Waals surface area contributed by atoms with Crippen LogP contribution in [0.4, 0.5) is 0 Å². The van der Waals surface area contributed by atoms with Crippen molar-refractivity contribution < 1.29 is 14.3 Å². The second-order valence-corrected chi connectivity index (χ2v) is 5.09. The number of nitrogens with two attached hydrogens (primary N) is 1. The van der Waals surface area contributed by atoms with Gasteiger partial charge in [0.1, 0.15) is 0 Å². The Labute approximate surface area is 129 Å². The molecular weight excluding hydrogens is 290 g/mol. The summed E-state index contributed by atoms with van der Waals surface area (Å²) in [5.74, 6) is -1.24. The van der Waals surface area contributed by atoms with Gasteiger partial charge in [-0.3, -0.25) is 4.79 Å². The van der Waals surface area contributed by atoms with Crippen LogP contribution in [-0.4, -0.2) is 18.5 Å². The molecule has 0 fully saturated rings. The largest absolute Gasteiger partial charge is 0.463 e. The van der Waals surface area contributed by atoms with Gasteiger partial charge in [-0.2, -0.15) is 0 Å². The number of ether oxygens (including phenoxy) is 1. The minimum atomic E-state index is -0.680. The summed E-state index contributed by atoms with van der Waals surface area (Å²) in [7, 11) is 0. The number of amides is 1. The second kappa shape index (κ2) is 9.19. The summed E-state index contributed by atoms with van der Waals surface area (Å²) in [6, 6.07) is 6.52. The van der Waals surface area contributed by atoms with Gasteiger partial charge in [0.15, 0.2) is 0 Å². The number of hydrogen-bond acceptors (Lipinski definition) is 3. The van der Waals surface area contributed by atoms with Gasteiger partial charge >= 0.3 is 5.97 Å². The Bertz CT molecular complexity index is 509. The smallest absolute Gasteiger partial charge is 0.331 e. The molecule has 0 aliphatic rings. The lowest BCUT2D eigenvalue weighted by molar-refractivity contribution is -0.138. The molecule has 0 aliphatic heterocycles. The number of hydrogen-bond donors (Lipinski definition) is 1. The van der Waals surface area contributed by atoms with E-state index in [1.807, 2.05) is 0 Å². The van der Waals surface area contributed by atoms with Crippen LogP contribution in [0.15, 0.2) is 30.3 Å². The standard InChI is InChI=1S/C16H20ClNO3/c1-2-3-4-5-10-21-15(19)11-14(16(18)20)12-6-8-13(17)9-7-12/h6-9,11H,2-5,10H2,1H3,(H2,18,20)/b14-11-. The Morgan fingerprint density at radius 1 is 1.19 bits per heavy atom. The van der Waals surface area contributed by atoms with Gasteiger partial charge in [-0.05, 0) is 24.1 Å². The van der Waals surface area contributed by atoms with Gasteiger partial charge < -0.3 is 10.5 Å². The molecule has 1 amide bonds. The van der Waals surface area contributed by atoms with Crippen molar-refractivity contribution in [3.63, 3.8) is 0 Å². The Hall–Kier alpha value is -1.81. The summed E-state index contributed by atoms with van der Waals surface area (Å²) in [4.78, 5) is 23.1. The summed E-state index contributed by atoms with van der Waals surface area (Å²) in [5.41, 5.74) is 5.95. The number of unbranched alkanes of at least 4 members (excludes halogenated alkanes) is 3. The zero-order valence-corrected chi connectivity index (χ0v) is 12.9. The van der Waals surface area contributed by atoms with Crippen LogP contribution in [0.25, 0.3) is 5.57 Å². The Balaban J connectivity index is 2.65. The highest BCUT2D eigenvalue weighted by Gasteiger charge is 2.11. The first-order valence-electron chi connectivity index (χ1n) is 6.98. The van der Waals surface area contributed by atoms with Crippen LogP contribution < -0.4 is 5.73 Å². The molecule has 5 heteroatoms. The van der Waals surface area contributed by atoms with E-state index in [9.17, 15) is 9.59 Å². The molecule has 1 aromatic carbocycles. The summed E-state index contributed by atoms with van der Waals surface area (Å²) < 4.78 is 5.07. The van der Waals surface area contributed by atoms with Gasteiger partial charge in [0, 0.05) is 11.1 Å². The van der Waals surface area contributed by atoms with Crippen molar-refractivity contribution in [2.45, 2.75) is 32.6 Å². The van der Waals surface area contributed by atoms with Crippen LogP contribution in [-0.2, 0) is 14.3 Å². The fraction of sp³-hybridized carbons (Fsp3) is 0.375. The maximum Gasteiger partial charge on any atom is 0.331 e. The van der Waals surface area contributed by atoms with Crippen molar-refractivity contribution in [2.75, 3.05) is 6.61 Å². The highest BCUT2D eigenvalue weighted by Crippen LogP contribution is 2.17. The van der Waals surface area contributed by atoms with E-state index >= 15 is 0 Å². The first-order chi connectivity index (χ1) is 10.0. The van der Waals surface area contributed by atoms with Gasteiger partial charge in [-0.15, -0.1) is 0 Å². The third-order valence-electron chi connectivity index (χ3n) is 2.93. The number of benzene rings is 1. The summed E-state index contributed by atoms with van der Waals surface area (Å²) in [6.07, 6.45) is 5.21. The van der Waals surface area contributed by atoms with Crippen LogP contribution in [0.1, 0.15) is 38.2 Å². The minimum Gasteiger partial charge on any atom is -0.463 e. The maximum absolute atomic E-state index is 11.7. The lowest BCUT2D eigenvalue weighted by Gasteiger charge is -2.05. The van der Waals surface area contributed by atoms with Gasteiger partial charge in [0.05, 0.1) is 12.2 Å². The zero-order valence-electron chi connectivity index (χ0n) is 12.1. The fourth-order valence-electron chi connectivity index (χ4n) is 1.79. The number of primary amides is 1. The minimum absolute atomic E-state index is 0.116. The van der Waals surface area contributed by atoms with Crippen LogP contribution >= 0.6 is 11.6 Å². The Kier molecular flexibility index (Phi) is 7.54. The van der Waals surface area contributed by atoms with E-state index in [1.165, 1.54) is 0 Å². The molecule has 0 radical (unpaired) electrons. The lowest BCUT2D eigenvalue weighted by atomic mass is 10.1. The fourth-order valence-corrected chi connectivity index (χ4v) is 1.91. The van der Waals surface area contributed by atoms with Gasteiger partial charge in [0.2, 0.25) is 5.91 Å². The third-order valence-corrected chi connectivity index (χ3v) is 3.18. The second-order valence-electron chi connectivity index (χ2n) is 4.66. The summed E-state index contributed by atoms with van der Waals surface area (Å²) >= 11 is 5.78. The number of rotatable bonds is 8. The summed E-state index contributed by atoms with van der Waals surface area (Å²) in [6.45, 7) is 2.46. The van der Waals surface area contributed by atoms with Crippen molar-refractivity contribution >= 4 is 29.1 Å². The van der Waals surface area contributed by atoms with Crippen molar-refractivity contribution in [3.8, 4) is 0 Å². The van der Waals surface area contributed by atoms with E-state index < -0.39 is 11.9 Å². The van der Waals surface area contributed by atoms with Crippen LogP contribution in [0, 0.1) is 0 Å². The number of carbonyl (C=O) groups is 2. The highest BCUT2D eigenvalue weighted by atomic mass is 35.5. The molecule has 0 spiro atoms. The molecular formula is C16H20ClNO3. The predicted octanol–water partition coefficient (Wildman–Crippen LogP) is 3.33. The number of carbonyl (C=O) groups excluding carboxylic acids is 2. The molecule has 4 nitrogen and oxygen atoms in total. The van der Waals surface area contributed by atoms with Crippen molar-refractivity contribution in [1.29, 1.82) is 0 Å². The molecule has 0 aromatic heterocycles. The molecule has 0 bridgehead atoms. The van der Waals surface area contributed by atoms with E-state index in [0.717, 1.165) is 31.8 Å². The van der Waals surface area contributed by atoms with E-state index in [1.54, 1.807) is 24.3 Å². The van der Waals surface area contributed by atoms with Crippen molar-refractivity contribution in [2.24, 2.45) is 5.73 Å². The van der Waals surface area contributed by atoms with Crippen LogP contribution in [0.3, 0.4) is 0 Å². The SMILES string of the molecule is CCCCCCOC(=O)/C=C(\C(N)=O)c1ccc(Cl)cc1. The molecule has 0 saturated heterocycles. The molecule has 114 valence electrons. The highest BCUT2D eigenvalue weighted by molar-refractivity contribution is 6.30. The molecule has 0 unspecified atom stereocenters. The zero-order chi connectivity index (χ0) is 15.7. The van der Waals surface area contributed by atoms with E-state index in [2.05, 4.69) is 6.92 Å². The molecule has 2 N–H and O–H groups in total. The van der Waals surface area contributed by atoms with Gasteiger partial charge in [0.25, 0.3) is 0 Å². The molecule has 0 aliphatic carbocycles. The van der Waals surface area contributed by atoms with E-state index in [0.29, 0.717) is 17.2 Å². The Morgan fingerprint density at radius 3 is 2.43 bits per heavy atom. The normalized spacial score (nSPS) is 11.2. The van der Waals surface area contributed by atoms with Crippen LogP contribution in [0.5, 0.6) is 0 Å². The quantitative estimate of drug-likeness (QED) is 0.455. The summed E-state index contributed by atoms with van der Waals surface area (Å²) in [5, 5.41) is 0.543. The third kappa shape index (κ3) is 6.45. The number of esters is 1. The predicted molar refractivity (Wildman–Crippen MR) is 83.7 cm³/mol. The van der Waals surface area contributed by atoms with Gasteiger partial charge in [-0.25, -0.2) is 4.79 Å². The van der Waals surface area contributed by atoms with Crippen molar-refractivity contribution in [3.05, 3.63) is 40.9 Å². The van der Waals surface area contributed by atoms with Crippen LogP contribution in [0.2, 0.25) is 5.02 Å². The molecule has 0 heterocycles. The molecule has 0 saturated carbocycles. The maximum atomic E-state index is 11.7. The first-order valence-corrected chi connectivity index (χ1v) is 7.36. The first kappa shape index (κ1) is 17.2. The Morgan fingerprint density at radius 2 is 1.86 bits per heavy atom.